The highest BCUT2D eigenvalue weighted by molar-refractivity contribution is 7.89. The molecule has 0 spiro atoms. The summed E-state index contributed by atoms with van der Waals surface area (Å²) < 4.78 is 37.5. The monoisotopic (exact) mass is 388 g/mol. The van der Waals surface area contributed by atoms with Gasteiger partial charge in [0.05, 0.1) is 18.6 Å². The van der Waals surface area contributed by atoms with Crippen LogP contribution in [0, 0.1) is 13.8 Å². The Morgan fingerprint density at radius 1 is 1.27 bits per heavy atom. The number of rotatable bonds is 10. The highest BCUT2D eigenvalue weighted by atomic mass is 32.2. The van der Waals surface area contributed by atoms with Crippen LogP contribution in [0.1, 0.15) is 24.0 Å². The van der Waals surface area contributed by atoms with Crippen LogP contribution in [0.5, 0.6) is 5.75 Å². The molecule has 0 amide bonds. The predicted molar refractivity (Wildman–Crippen MR) is 93.5 cm³/mol. The van der Waals surface area contributed by atoms with Crippen molar-refractivity contribution in [3.05, 3.63) is 23.3 Å². The molecule has 0 radical (unpaired) electrons. The van der Waals surface area contributed by atoms with Gasteiger partial charge >= 0.3 is 11.9 Å². The number of esters is 1. The smallest absolute Gasteiger partial charge is 0.325 e. The summed E-state index contributed by atoms with van der Waals surface area (Å²) in [4.78, 5) is 22.1. The van der Waals surface area contributed by atoms with Crippen molar-refractivity contribution in [3.63, 3.8) is 0 Å². The number of carboxylic acids is 1. The van der Waals surface area contributed by atoms with Gasteiger partial charge in [-0.15, -0.1) is 0 Å². The topological polar surface area (TPSA) is 145 Å². The maximum atomic E-state index is 12.6. The Morgan fingerprint density at radius 3 is 2.31 bits per heavy atom. The Hall–Kier alpha value is -2.17. The van der Waals surface area contributed by atoms with Gasteiger partial charge in [0, 0.05) is 13.0 Å². The summed E-state index contributed by atoms with van der Waals surface area (Å²) in [5.74, 6) is -1.24. The van der Waals surface area contributed by atoms with Gasteiger partial charge in [-0.1, -0.05) is 0 Å². The molecule has 0 aromatic heterocycles. The summed E-state index contributed by atoms with van der Waals surface area (Å²) in [5, 5.41) is 8.60. The van der Waals surface area contributed by atoms with E-state index in [1.807, 2.05) is 0 Å². The van der Waals surface area contributed by atoms with E-state index in [2.05, 4.69) is 9.46 Å². The molecule has 26 heavy (non-hydrogen) atoms. The Labute approximate surface area is 152 Å². The second-order valence-corrected chi connectivity index (χ2v) is 7.32. The van der Waals surface area contributed by atoms with Gasteiger partial charge in [0.15, 0.2) is 0 Å². The molecule has 1 rings (SSSR count). The van der Waals surface area contributed by atoms with Crippen LogP contribution in [0.15, 0.2) is 17.0 Å². The van der Waals surface area contributed by atoms with Gasteiger partial charge in [-0.05, 0) is 43.5 Å². The van der Waals surface area contributed by atoms with Crippen LogP contribution in [0.4, 0.5) is 0 Å². The maximum absolute atomic E-state index is 12.6. The zero-order valence-corrected chi connectivity index (χ0v) is 15.8. The van der Waals surface area contributed by atoms with E-state index in [9.17, 15) is 18.0 Å². The van der Waals surface area contributed by atoms with Crippen molar-refractivity contribution in [1.29, 1.82) is 0 Å². The van der Waals surface area contributed by atoms with E-state index in [1.54, 1.807) is 13.8 Å². The largest absolute Gasteiger partial charge is 0.494 e. The molecule has 0 saturated heterocycles. The first-order valence-electron chi connectivity index (χ1n) is 7.88. The molecular weight excluding hydrogens is 364 g/mol. The summed E-state index contributed by atoms with van der Waals surface area (Å²) in [6, 6.07) is 1.89. The van der Waals surface area contributed by atoms with Crippen molar-refractivity contribution in [2.75, 3.05) is 20.3 Å². The fourth-order valence-corrected chi connectivity index (χ4v) is 4.06. The lowest BCUT2D eigenvalue weighted by atomic mass is 10.1. The number of ether oxygens (including phenoxy) is 2. The van der Waals surface area contributed by atoms with Crippen LogP contribution in [-0.4, -0.2) is 51.8 Å². The van der Waals surface area contributed by atoms with Crippen LogP contribution < -0.4 is 15.2 Å². The third-order valence-corrected chi connectivity index (χ3v) is 5.30. The van der Waals surface area contributed by atoms with E-state index in [1.165, 1.54) is 12.1 Å². The highest BCUT2D eigenvalue weighted by Crippen LogP contribution is 2.26. The van der Waals surface area contributed by atoms with Crippen molar-refractivity contribution in [2.24, 2.45) is 5.73 Å². The molecule has 0 heterocycles. The minimum absolute atomic E-state index is 0.0116. The van der Waals surface area contributed by atoms with Gasteiger partial charge in [-0.2, -0.15) is 4.72 Å². The lowest BCUT2D eigenvalue weighted by molar-refractivity contribution is -0.142. The molecular formula is C16H24N2O7S. The van der Waals surface area contributed by atoms with E-state index >= 15 is 0 Å². The molecule has 146 valence electrons. The number of carbonyl (C=O) groups excluding carboxylic acids is 1. The Morgan fingerprint density at radius 2 is 1.85 bits per heavy atom. The quantitative estimate of drug-likeness (QED) is 0.384. The maximum Gasteiger partial charge on any atom is 0.325 e. The zero-order valence-electron chi connectivity index (χ0n) is 14.9. The van der Waals surface area contributed by atoms with Crippen molar-refractivity contribution in [2.45, 2.75) is 37.6 Å². The summed E-state index contributed by atoms with van der Waals surface area (Å²) in [5.41, 5.74) is 6.28. The van der Waals surface area contributed by atoms with Gasteiger partial charge in [0.2, 0.25) is 10.0 Å². The molecule has 0 bridgehead atoms. The molecule has 1 atom stereocenters. The third kappa shape index (κ3) is 5.97. The Balaban J connectivity index is 2.99. The van der Waals surface area contributed by atoms with Gasteiger partial charge in [-0.25, -0.2) is 8.42 Å². The normalized spacial score (nSPS) is 12.5. The lowest BCUT2D eigenvalue weighted by Crippen LogP contribution is -2.46. The van der Waals surface area contributed by atoms with Crippen molar-refractivity contribution in [1.82, 2.24) is 4.72 Å². The van der Waals surface area contributed by atoms with E-state index < -0.39 is 28.0 Å². The number of hydrogen-bond acceptors (Lipinski definition) is 7. The second-order valence-electron chi connectivity index (χ2n) is 5.66. The number of benzene rings is 1. The highest BCUT2D eigenvalue weighted by Gasteiger charge is 2.28. The first-order chi connectivity index (χ1) is 12.1. The summed E-state index contributed by atoms with van der Waals surface area (Å²) in [6.07, 6.45) is 0.328. The number of carbonyl (C=O) groups is 2. The van der Waals surface area contributed by atoms with Crippen molar-refractivity contribution < 1.29 is 32.6 Å². The number of methoxy groups -OCH3 is 1. The molecule has 0 aliphatic rings. The lowest BCUT2D eigenvalue weighted by Gasteiger charge is -2.18. The predicted octanol–water partition coefficient (Wildman–Crippen LogP) is 0.326. The number of carboxylic acid groups (broad SMARTS) is 1. The molecule has 9 nitrogen and oxygen atoms in total. The molecule has 10 heteroatoms. The SMILES string of the molecule is COC(=O)[C@H](CN)NS(=O)(=O)c1c(C)cc(OCCCC(=O)O)cc1C. The van der Waals surface area contributed by atoms with Gasteiger partial charge in [0.1, 0.15) is 11.8 Å². The van der Waals surface area contributed by atoms with E-state index in [0.29, 0.717) is 23.3 Å². The molecule has 0 aliphatic carbocycles. The average molecular weight is 388 g/mol. The number of hydrogen-bond donors (Lipinski definition) is 3. The number of sulfonamides is 1. The van der Waals surface area contributed by atoms with Gasteiger partial charge < -0.3 is 20.3 Å². The minimum atomic E-state index is -4.01. The molecule has 0 aliphatic heterocycles. The molecule has 1 aromatic carbocycles. The fraction of sp³-hybridized carbons (Fsp3) is 0.500. The Kier molecular flexibility index (Phi) is 8.00. The summed E-state index contributed by atoms with van der Waals surface area (Å²) >= 11 is 0. The van der Waals surface area contributed by atoms with E-state index in [0.717, 1.165) is 7.11 Å². The fourth-order valence-electron chi connectivity index (χ4n) is 2.41. The van der Waals surface area contributed by atoms with Crippen molar-refractivity contribution >= 4 is 22.0 Å². The first kappa shape index (κ1) is 21.9. The van der Waals surface area contributed by atoms with Crippen LogP contribution in [0.3, 0.4) is 0 Å². The zero-order chi connectivity index (χ0) is 19.9. The molecule has 1 aromatic rings. The number of nitrogens with two attached hydrogens (primary N) is 1. The Bertz CT molecular complexity index is 739. The molecule has 0 unspecified atom stereocenters. The number of nitrogens with one attached hydrogen (secondary N) is 1. The van der Waals surface area contributed by atoms with Crippen LogP contribution in [-0.2, 0) is 24.3 Å². The van der Waals surface area contributed by atoms with Gasteiger partial charge in [0.25, 0.3) is 0 Å². The van der Waals surface area contributed by atoms with Crippen LogP contribution in [0.2, 0.25) is 0 Å². The standard InChI is InChI=1S/C16H24N2O7S/c1-10-7-12(25-6-4-5-14(19)20)8-11(2)15(10)26(22,23)18-13(9-17)16(21)24-3/h7-8,13,18H,4-6,9,17H2,1-3H3,(H,19,20)/t13-/m0/s1. The number of aryl methyl sites for hydroxylation is 2. The summed E-state index contributed by atoms with van der Waals surface area (Å²) in [6.45, 7) is 3.16. The average Bonchev–Trinajstić information content (AvgIpc) is 2.54. The van der Waals surface area contributed by atoms with Gasteiger partial charge in [-0.3, -0.25) is 9.59 Å². The third-order valence-electron chi connectivity index (χ3n) is 3.53. The van der Waals surface area contributed by atoms with Crippen LogP contribution >= 0.6 is 0 Å². The summed E-state index contributed by atoms with van der Waals surface area (Å²) in [7, 11) is -2.86. The first-order valence-corrected chi connectivity index (χ1v) is 9.36. The van der Waals surface area contributed by atoms with E-state index in [-0.39, 0.29) is 24.5 Å². The molecule has 0 saturated carbocycles. The number of aliphatic carboxylic acids is 1. The van der Waals surface area contributed by atoms with Crippen LogP contribution in [0.25, 0.3) is 0 Å². The minimum Gasteiger partial charge on any atom is -0.494 e. The molecule has 4 N–H and O–H groups in total. The molecule has 0 fully saturated rings. The second kappa shape index (κ2) is 9.51. The van der Waals surface area contributed by atoms with E-state index in [4.69, 9.17) is 15.6 Å². The van der Waals surface area contributed by atoms with Crippen molar-refractivity contribution in [3.8, 4) is 5.75 Å².